The van der Waals surface area contributed by atoms with E-state index < -0.39 is 0 Å². The van der Waals surface area contributed by atoms with Crippen molar-refractivity contribution in [2.24, 2.45) is 0 Å². The zero-order chi connectivity index (χ0) is 14.1. The molecule has 0 bridgehead atoms. The van der Waals surface area contributed by atoms with E-state index in [1.165, 1.54) is 11.3 Å². The SMILES string of the molecule is CCOC(=O)C(C)c1nn2c(C3CCCO3)nnc2s1. The minimum atomic E-state index is -0.390. The van der Waals surface area contributed by atoms with E-state index in [0.717, 1.165) is 25.3 Å². The van der Waals surface area contributed by atoms with Gasteiger partial charge in [-0.1, -0.05) is 11.3 Å². The van der Waals surface area contributed by atoms with Gasteiger partial charge in [-0.25, -0.2) is 0 Å². The van der Waals surface area contributed by atoms with Crippen molar-refractivity contribution in [2.45, 2.75) is 38.7 Å². The molecule has 0 aromatic carbocycles. The van der Waals surface area contributed by atoms with Gasteiger partial charge in [0.1, 0.15) is 17.0 Å². The van der Waals surface area contributed by atoms with Crippen molar-refractivity contribution < 1.29 is 14.3 Å². The van der Waals surface area contributed by atoms with Gasteiger partial charge in [0.25, 0.3) is 0 Å². The number of rotatable bonds is 4. The zero-order valence-electron chi connectivity index (χ0n) is 11.4. The van der Waals surface area contributed by atoms with Crippen LogP contribution in [0, 0.1) is 0 Å². The van der Waals surface area contributed by atoms with E-state index in [9.17, 15) is 4.79 Å². The minimum Gasteiger partial charge on any atom is -0.465 e. The van der Waals surface area contributed by atoms with Crippen molar-refractivity contribution >= 4 is 22.3 Å². The Labute approximate surface area is 119 Å². The van der Waals surface area contributed by atoms with Crippen LogP contribution < -0.4 is 0 Å². The fourth-order valence-electron chi connectivity index (χ4n) is 2.17. The summed E-state index contributed by atoms with van der Waals surface area (Å²) in [5, 5.41) is 13.4. The molecule has 2 aromatic rings. The standard InChI is InChI=1S/C12H16N4O3S/c1-3-18-11(17)7(2)10-15-16-9(8-5-4-6-19-8)13-14-12(16)20-10/h7-8H,3-6H2,1-2H3. The third kappa shape index (κ3) is 2.29. The predicted molar refractivity (Wildman–Crippen MR) is 71.6 cm³/mol. The molecule has 1 aliphatic rings. The molecule has 0 amide bonds. The lowest BCUT2D eigenvalue weighted by atomic mass is 10.2. The molecular formula is C12H16N4O3S. The van der Waals surface area contributed by atoms with Crippen LogP contribution in [0.3, 0.4) is 0 Å². The number of carbonyl (C=O) groups excluding carboxylic acids is 1. The van der Waals surface area contributed by atoms with E-state index in [1.807, 2.05) is 0 Å². The minimum absolute atomic E-state index is 0.0437. The Morgan fingerprint density at radius 2 is 2.45 bits per heavy atom. The van der Waals surface area contributed by atoms with Crippen LogP contribution in [0.5, 0.6) is 0 Å². The van der Waals surface area contributed by atoms with Crippen LogP contribution in [-0.4, -0.2) is 39.0 Å². The van der Waals surface area contributed by atoms with Crippen LogP contribution in [0.25, 0.3) is 4.96 Å². The van der Waals surface area contributed by atoms with Crippen LogP contribution in [0.1, 0.15) is 49.5 Å². The molecule has 2 unspecified atom stereocenters. The summed E-state index contributed by atoms with van der Waals surface area (Å²) in [6, 6.07) is 0. The number of ether oxygens (including phenoxy) is 2. The van der Waals surface area contributed by atoms with Crippen molar-refractivity contribution in [3.63, 3.8) is 0 Å². The first-order valence-corrected chi connectivity index (χ1v) is 7.52. The molecule has 1 fully saturated rings. The highest BCUT2D eigenvalue weighted by Gasteiger charge is 2.27. The smallest absolute Gasteiger partial charge is 0.315 e. The molecule has 0 aliphatic carbocycles. The molecule has 0 N–H and O–H groups in total. The maximum atomic E-state index is 11.8. The zero-order valence-corrected chi connectivity index (χ0v) is 12.2. The quantitative estimate of drug-likeness (QED) is 0.799. The number of carbonyl (C=O) groups is 1. The molecular weight excluding hydrogens is 280 g/mol. The lowest BCUT2D eigenvalue weighted by Crippen LogP contribution is -2.13. The van der Waals surface area contributed by atoms with E-state index >= 15 is 0 Å². The summed E-state index contributed by atoms with van der Waals surface area (Å²) in [6.07, 6.45) is 1.91. The predicted octanol–water partition coefficient (Wildman–Crippen LogP) is 1.70. The third-order valence-electron chi connectivity index (χ3n) is 3.26. The number of aromatic nitrogens is 4. The normalized spacial score (nSPS) is 20.4. The fraction of sp³-hybridized carbons (Fsp3) is 0.667. The number of hydrogen-bond acceptors (Lipinski definition) is 7. The average molecular weight is 296 g/mol. The van der Waals surface area contributed by atoms with Crippen molar-refractivity contribution in [2.75, 3.05) is 13.2 Å². The van der Waals surface area contributed by atoms with Crippen molar-refractivity contribution in [3.05, 3.63) is 10.8 Å². The number of nitrogens with zero attached hydrogens (tertiary/aromatic N) is 4. The molecule has 7 nitrogen and oxygen atoms in total. The molecule has 2 atom stereocenters. The largest absolute Gasteiger partial charge is 0.465 e. The van der Waals surface area contributed by atoms with Gasteiger partial charge in [0.05, 0.1) is 6.61 Å². The summed E-state index contributed by atoms with van der Waals surface area (Å²) in [5.41, 5.74) is 0. The second-order valence-electron chi connectivity index (χ2n) is 4.67. The summed E-state index contributed by atoms with van der Waals surface area (Å²) in [6.45, 7) is 4.69. The van der Waals surface area contributed by atoms with Gasteiger partial charge in [-0.15, -0.1) is 10.2 Å². The van der Waals surface area contributed by atoms with E-state index in [-0.39, 0.29) is 18.0 Å². The molecule has 1 saturated heterocycles. The lowest BCUT2D eigenvalue weighted by Gasteiger charge is -2.07. The van der Waals surface area contributed by atoms with Gasteiger partial charge in [0.15, 0.2) is 5.82 Å². The van der Waals surface area contributed by atoms with Crippen LogP contribution >= 0.6 is 11.3 Å². The van der Waals surface area contributed by atoms with Gasteiger partial charge in [0.2, 0.25) is 4.96 Å². The van der Waals surface area contributed by atoms with Crippen LogP contribution in [0.15, 0.2) is 0 Å². The molecule has 3 heterocycles. The highest BCUT2D eigenvalue weighted by Crippen LogP contribution is 2.30. The average Bonchev–Trinajstić information content (AvgIpc) is 3.13. The number of hydrogen-bond donors (Lipinski definition) is 0. The van der Waals surface area contributed by atoms with Gasteiger partial charge in [-0.05, 0) is 26.7 Å². The highest BCUT2D eigenvalue weighted by molar-refractivity contribution is 7.16. The van der Waals surface area contributed by atoms with E-state index in [2.05, 4.69) is 15.3 Å². The van der Waals surface area contributed by atoms with Crippen LogP contribution in [0.4, 0.5) is 0 Å². The van der Waals surface area contributed by atoms with Crippen LogP contribution in [0.2, 0.25) is 0 Å². The van der Waals surface area contributed by atoms with Gasteiger partial charge in [-0.3, -0.25) is 4.79 Å². The molecule has 0 saturated carbocycles. The van der Waals surface area contributed by atoms with Crippen molar-refractivity contribution in [1.82, 2.24) is 19.8 Å². The van der Waals surface area contributed by atoms with Gasteiger partial charge >= 0.3 is 5.97 Å². The summed E-state index contributed by atoms with van der Waals surface area (Å²) in [5.74, 6) is 0.0613. The summed E-state index contributed by atoms with van der Waals surface area (Å²) < 4.78 is 12.3. The topological polar surface area (TPSA) is 78.6 Å². The molecule has 3 rings (SSSR count). The summed E-state index contributed by atoms with van der Waals surface area (Å²) >= 11 is 1.36. The maximum Gasteiger partial charge on any atom is 0.315 e. The van der Waals surface area contributed by atoms with Gasteiger partial charge in [0, 0.05) is 6.61 Å². The van der Waals surface area contributed by atoms with Crippen molar-refractivity contribution in [3.8, 4) is 0 Å². The Kier molecular flexibility index (Phi) is 3.66. The Hall–Kier alpha value is -1.54. The fourth-order valence-corrected chi connectivity index (χ4v) is 3.06. The third-order valence-corrected chi connectivity index (χ3v) is 4.34. The monoisotopic (exact) mass is 296 g/mol. The van der Waals surface area contributed by atoms with E-state index in [0.29, 0.717) is 16.6 Å². The molecule has 8 heteroatoms. The van der Waals surface area contributed by atoms with E-state index in [1.54, 1.807) is 18.4 Å². The Morgan fingerprint density at radius 3 is 3.15 bits per heavy atom. The van der Waals surface area contributed by atoms with Gasteiger partial charge < -0.3 is 9.47 Å². The molecule has 2 aromatic heterocycles. The van der Waals surface area contributed by atoms with Gasteiger partial charge in [-0.2, -0.15) is 9.61 Å². The first kappa shape index (κ1) is 13.4. The second kappa shape index (κ2) is 5.45. The number of esters is 1. The van der Waals surface area contributed by atoms with Crippen LogP contribution in [-0.2, 0) is 14.3 Å². The first-order chi connectivity index (χ1) is 9.70. The van der Waals surface area contributed by atoms with E-state index in [4.69, 9.17) is 9.47 Å². The Balaban J connectivity index is 1.89. The Morgan fingerprint density at radius 1 is 1.60 bits per heavy atom. The highest BCUT2D eigenvalue weighted by atomic mass is 32.1. The molecule has 0 spiro atoms. The Bertz CT molecular complexity index is 617. The lowest BCUT2D eigenvalue weighted by molar-refractivity contribution is -0.144. The molecule has 1 aliphatic heterocycles. The molecule has 0 radical (unpaired) electrons. The first-order valence-electron chi connectivity index (χ1n) is 6.71. The summed E-state index contributed by atoms with van der Waals surface area (Å²) in [4.78, 5) is 12.4. The molecule has 108 valence electrons. The van der Waals surface area contributed by atoms with Crippen molar-refractivity contribution in [1.29, 1.82) is 0 Å². The maximum absolute atomic E-state index is 11.8. The second-order valence-corrected chi connectivity index (χ2v) is 5.66. The molecule has 20 heavy (non-hydrogen) atoms. The summed E-state index contributed by atoms with van der Waals surface area (Å²) in [7, 11) is 0. The number of fused-ring (bicyclic) bond motifs is 1.